The van der Waals surface area contributed by atoms with Crippen LogP contribution in [0.4, 0.5) is 0 Å². The maximum Gasteiger partial charge on any atom is 0.166 e. The van der Waals surface area contributed by atoms with Crippen molar-refractivity contribution in [2.75, 3.05) is 6.61 Å². The summed E-state index contributed by atoms with van der Waals surface area (Å²) in [4.78, 5) is 12.3. The van der Waals surface area contributed by atoms with E-state index in [0.717, 1.165) is 12.8 Å². The van der Waals surface area contributed by atoms with Crippen LogP contribution in [0.1, 0.15) is 35.7 Å². The van der Waals surface area contributed by atoms with Crippen LogP contribution in [0.2, 0.25) is 0 Å². The number of benzene rings is 2. The zero-order valence-corrected chi connectivity index (χ0v) is 11.8. The van der Waals surface area contributed by atoms with E-state index in [1.807, 2.05) is 54.6 Å². The largest absolute Gasteiger partial charge is 0.493 e. The maximum absolute atomic E-state index is 12.3. The molecule has 2 aromatic rings. The molecule has 20 heavy (non-hydrogen) atoms. The minimum Gasteiger partial charge on any atom is -0.493 e. The molecule has 2 aromatic carbocycles. The highest BCUT2D eigenvalue weighted by molar-refractivity contribution is 5.98. The van der Waals surface area contributed by atoms with Crippen LogP contribution >= 0.6 is 0 Å². The smallest absolute Gasteiger partial charge is 0.166 e. The van der Waals surface area contributed by atoms with E-state index in [-0.39, 0.29) is 5.78 Å². The van der Waals surface area contributed by atoms with Gasteiger partial charge in [-0.1, -0.05) is 49.4 Å². The van der Waals surface area contributed by atoms with Crippen molar-refractivity contribution in [3.63, 3.8) is 0 Å². The quantitative estimate of drug-likeness (QED) is 0.700. The molecule has 0 aromatic heterocycles. The number of hydrogen-bond acceptors (Lipinski definition) is 2. The summed E-state index contributed by atoms with van der Waals surface area (Å²) in [5.74, 6) is 0.841. The number of carbonyl (C=O) groups excluding carboxylic acids is 1. The van der Waals surface area contributed by atoms with E-state index < -0.39 is 0 Å². The summed E-state index contributed by atoms with van der Waals surface area (Å²) in [5, 5.41) is 0. The first kappa shape index (κ1) is 14.3. The first-order valence-corrected chi connectivity index (χ1v) is 7.10. The van der Waals surface area contributed by atoms with E-state index >= 15 is 0 Å². The van der Waals surface area contributed by atoms with E-state index in [2.05, 4.69) is 6.92 Å². The van der Waals surface area contributed by atoms with Crippen molar-refractivity contribution >= 4 is 5.78 Å². The Hall–Kier alpha value is -2.09. The third-order valence-electron chi connectivity index (χ3n) is 3.13. The summed E-state index contributed by atoms with van der Waals surface area (Å²) in [6.45, 7) is 2.70. The summed E-state index contributed by atoms with van der Waals surface area (Å²) in [7, 11) is 0. The number of ether oxygens (including phenoxy) is 1. The van der Waals surface area contributed by atoms with Crippen molar-refractivity contribution in [2.24, 2.45) is 0 Å². The van der Waals surface area contributed by atoms with Crippen LogP contribution in [0.3, 0.4) is 0 Å². The summed E-state index contributed by atoms with van der Waals surface area (Å²) >= 11 is 0. The maximum atomic E-state index is 12.3. The fourth-order valence-corrected chi connectivity index (χ4v) is 2.07. The lowest BCUT2D eigenvalue weighted by Crippen LogP contribution is -2.05. The standard InChI is InChI=1S/C18H20O2/c1-2-14-20-18-11-7-6-10-16(18)17(19)13-12-15-8-4-3-5-9-15/h3-11H,2,12-14H2,1H3. The molecule has 0 unspecified atom stereocenters. The molecule has 0 bridgehead atoms. The Morgan fingerprint density at radius 1 is 1.00 bits per heavy atom. The lowest BCUT2D eigenvalue weighted by Gasteiger charge is -2.10. The molecule has 0 heterocycles. The second-order valence-corrected chi connectivity index (χ2v) is 4.75. The Morgan fingerprint density at radius 2 is 1.70 bits per heavy atom. The second kappa shape index (κ2) is 7.49. The van der Waals surface area contributed by atoms with Gasteiger partial charge in [-0.25, -0.2) is 0 Å². The molecule has 2 heteroatoms. The van der Waals surface area contributed by atoms with E-state index in [1.165, 1.54) is 5.56 Å². The van der Waals surface area contributed by atoms with Gasteiger partial charge in [0, 0.05) is 6.42 Å². The van der Waals surface area contributed by atoms with Crippen LogP contribution in [0.25, 0.3) is 0 Å². The Balaban J connectivity index is 2.01. The number of ketones is 1. The molecule has 0 fully saturated rings. The van der Waals surface area contributed by atoms with Crippen LogP contribution in [-0.2, 0) is 6.42 Å². The van der Waals surface area contributed by atoms with Crippen molar-refractivity contribution in [2.45, 2.75) is 26.2 Å². The van der Waals surface area contributed by atoms with Crippen molar-refractivity contribution in [1.82, 2.24) is 0 Å². The fraction of sp³-hybridized carbons (Fsp3) is 0.278. The summed E-state index contributed by atoms with van der Waals surface area (Å²) in [5.41, 5.74) is 1.88. The van der Waals surface area contributed by atoms with Gasteiger partial charge in [0.2, 0.25) is 0 Å². The van der Waals surface area contributed by atoms with E-state index in [9.17, 15) is 4.79 Å². The van der Waals surface area contributed by atoms with Crippen LogP contribution in [0.5, 0.6) is 5.75 Å². The zero-order valence-electron chi connectivity index (χ0n) is 11.8. The second-order valence-electron chi connectivity index (χ2n) is 4.75. The minimum atomic E-state index is 0.139. The monoisotopic (exact) mass is 268 g/mol. The Labute approximate surface area is 120 Å². The molecule has 0 amide bonds. The van der Waals surface area contributed by atoms with Crippen LogP contribution in [0, 0.1) is 0 Å². The van der Waals surface area contributed by atoms with Gasteiger partial charge >= 0.3 is 0 Å². The van der Waals surface area contributed by atoms with Gasteiger partial charge in [-0.05, 0) is 30.5 Å². The third-order valence-corrected chi connectivity index (χ3v) is 3.13. The molecule has 0 saturated carbocycles. The van der Waals surface area contributed by atoms with Crippen LogP contribution in [-0.4, -0.2) is 12.4 Å². The van der Waals surface area contributed by atoms with Gasteiger partial charge in [0.05, 0.1) is 12.2 Å². The van der Waals surface area contributed by atoms with Gasteiger partial charge in [-0.2, -0.15) is 0 Å². The molecule has 0 radical (unpaired) electrons. The number of hydrogen-bond donors (Lipinski definition) is 0. The molecular weight excluding hydrogens is 248 g/mol. The Bertz CT molecular complexity index is 546. The van der Waals surface area contributed by atoms with Gasteiger partial charge in [0.15, 0.2) is 5.78 Å². The SMILES string of the molecule is CCCOc1ccccc1C(=O)CCc1ccccc1. The highest BCUT2D eigenvalue weighted by Gasteiger charge is 2.11. The highest BCUT2D eigenvalue weighted by Crippen LogP contribution is 2.20. The molecule has 0 aliphatic rings. The number of rotatable bonds is 7. The molecule has 0 saturated heterocycles. The zero-order chi connectivity index (χ0) is 14.2. The van der Waals surface area contributed by atoms with Gasteiger partial charge in [-0.3, -0.25) is 4.79 Å². The molecule has 104 valence electrons. The third kappa shape index (κ3) is 3.95. The van der Waals surface area contributed by atoms with Crippen molar-refractivity contribution in [1.29, 1.82) is 0 Å². The molecular formula is C18H20O2. The van der Waals surface area contributed by atoms with Crippen molar-refractivity contribution in [3.8, 4) is 5.75 Å². The van der Waals surface area contributed by atoms with Gasteiger partial charge in [-0.15, -0.1) is 0 Å². The molecule has 0 spiro atoms. The normalized spacial score (nSPS) is 10.2. The predicted octanol–water partition coefficient (Wildman–Crippen LogP) is 4.29. The Kier molecular flexibility index (Phi) is 5.36. The molecule has 2 rings (SSSR count). The van der Waals surface area contributed by atoms with Crippen LogP contribution < -0.4 is 4.74 Å². The first-order valence-electron chi connectivity index (χ1n) is 7.10. The number of carbonyl (C=O) groups is 1. The number of aryl methyl sites for hydroxylation is 1. The summed E-state index contributed by atoms with van der Waals surface area (Å²) in [6.07, 6.45) is 2.21. The first-order chi connectivity index (χ1) is 9.81. The topological polar surface area (TPSA) is 26.3 Å². The van der Waals surface area contributed by atoms with Gasteiger partial charge in [0.1, 0.15) is 5.75 Å². The predicted molar refractivity (Wildman–Crippen MR) is 81.3 cm³/mol. The molecule has 0 aliphatic carbocycles. The Morgan fingerprint density at radius 3 is 2.45 bits per heavy atom. The summed E-state index contributed by atoms with van der Waals surface area (Å²) < 4.78 is 5.64. The van der Waals surface area contributed by atoms with E-state index in [0.29, 0.717) is 24.3 Å². The minimum absolute atomic E-state index is 0.139. The molecule has 2 nitrogen and oxygen atoms in total. The average molecular weight is 268 g/mol. The number of para-hydroxylation sites is 1. The molecule has 0 atom stereocenters. The van der Waals surface area contributed by atoms with Crippen molar-refractivity contribution < 1.29 is 9.53 Å². The van der Waals surface area contributed by atoms with Gasteiger partial charge in [0.25, 0.3) is 0 Å². The van der Waals surface area contributed by atoms with Gasteiger partial charge < -0.3 is 4.74 Å². The fourth-order valence-electron chi connectivity index (χ4n) is 2.07. The number of Topliss-reactive ketones (excluding diaryl/α,β-unsaturated/α-hetero) is 1. The highest BCUT2D eigenvalue weighted by atomic mass is 16.5. The molecule has 0 aliphatic heterocycles. The van der Waals surface area contributed by atoms with Crippen molar-refractivity contribution in [3.05, 3.63) is 65.7 Å². The van der Waals surface area contributed by atoms with E-state index in [4.69, 9.17) is 4.74 Å². The molecule has 0 N–H and O–H groups in total. The summed E-state index contributed by atoms with van der Waals surface area (Å²) in [6, 6.07) is 17.6. The average Bonchev–Trinajstić information content (AvgIpc) is 2.52. The van der Waals surface area contributed by atoms with Crippen LogP contribution in [0.15, 0.2) is 54.6 Å². The van der Waals surface area contributed by atoms with E-state index in [1.54, 1.807) is 0 Å². The lowest BCUT2D eigenvalue weighted by molar-refractivity contribution is 0.0979. The lowest BCUT2D eigenvalue weighted by atomic mass is 10.0.